The van der Waals surface area contributed by atoms with Crippen LogP contribution in [0.3, 0.4) is 0 Å². The molecule has 1 aliphatic heterocycles. The van der Waals surface area contributed by atoms with Crippen molar-refractivity contribution in [1.29, 1.82) is 0 Å². The summed E-state index contributed by atoms with van der Waals surface area (Å²) in [6.45, 7) is 9.01. The van der Waals surface area contributed by atoms with Crippen LogP contribution >= 0.6 is 0 Å². The van der Waals surface area contributed by atoms with Crippen molar-refractivity contribution in [2.24, 2.45) is 5.92 Å². The van der Waals surface area contributed by atoms with Gasteiger partial charge in [-0.05, 0) is 70.1 Å². The maximum atomic E-state index is 14.1. The average molecular weight is 363 g/mol. The van der Waals surface area contributed by atoms with Gasteiger partial charge in [-0.1, -0.05) is 13.0 Å². The number of hydrogen-bond donors (Lipinski definition) is 0. The number of amides is 1. The van der Waals surface area contributed by atoms with E-state index in [4.69, 9.17) is 9.47 Å². The van der Waals surface area contributed by atoms with Crippen LogP contribution in [-0.4, -0.2) is 35.8 Å². The maximum absolute atomic E-state index is 14.1. The van der Waals surface area contributed by atoms with E-state index in [1.807, 2.05) is 25.7 Å². The molecule has 2 unspecified atom stereocenters. The van der Waals surface area contributed by atoms with Gasteiger partial charge in [0.25, 0.3) is 0 Å². The zero-order chi connectivity index (χ0) is 18.9. The van der Waals surface area contributed by atoms with Crippen LogP contribution in [0.4, 0.5) is 9.18 Å². The SMILES string of the molecule is CC(c1ccc(F)c(OCC2CC2)c1)C1CCCN1C(=O)OC(C)(C)C. The Hall–Kier alpha value is -1.78. The van der Waals surface area contributed by atoms with Gasteiger partial charge in [-0.15, -0.1) is 0 Å². The lowest BCUT2D eigenvalue weighted by Gasteiger charge is -2.32. The van der Waals surface area contributed by atoms with Crippen LogP contribution in [0.2, 0.25) is 0 Å². The first-order chi connectivity index (χ1) is 12.2. The van der Waals surface area contributed by atoms with E-state index in [1.54, 1.807) is 12.1 Å². The summed E-state index contributed by atoms with van der Waals surface area (Å²) in [7, 11) is 0. The Morgan fingerprint density at radius 3 is 2.69 bits per heavy atom. The quantitative estimate of drug-likeness (QED) is 0.729. The lowest BCUT2D eigenvalue weighted by atomic mass is 9.91. The van der Waals surface area contributed by atoms with Crippen LogP contribution < -0.4 is 4.74 Å². The van der Waals surface area contributed by atoms with Crippen LogP contribution in [-0.2, 0) is 4.74 Å². The molecule has 1 amide bonds. The molecule has 1 aliphatic carbocycles. The standard InChI is InChI=1S/C21H30FNO3/c1-14(18-6-5-11-23(18)20(24)26-21(2,3)4)16-9-10-17(22)19(12-16)25-13-15-7-8-15/h9-10,12,14-15,18H,5-8,11,13H2,1-4H3. The number of nitrogens with zero attached hydrogens (tertiary/aromatic N) is 1. The lowest BCUT2D eigenvalue weighted by molar-refractivity contribution is 0.0209. The molecule has 1 aromatic carbocycles. The number of benzene rings is 1. The van der Waals surface area contributed by atoms with E-state index in [2.05, 4.69) is 6.92 Å². The summed E-state index contributed by atoms with van der Waals surface area (Å²) in [4.78, 5) is 14.4. The summed E-state index contributed by atoms with van der Waals surface area (Å²) in [5, 5.41) is 0. The molecule has 0 spiro atoms. The predicted octanol–water partition coefficient (Wildman–Crippen LogP) is 5.12. The Labute approximate surface area is 155 Å². The molecule has 1 saturated heterocycles. The van der Waals surface area contributed by atoms with Gasteiger partial charge in [0.15, 0.2) is 11.6 Å². The van der Waals surface area contributed by atoms with Gasteiger partial charge >= 0.3 is 6.09 Å². The fourth-order valence-electron chi connectivity index (χ4n) is 3.49. The number of carbonyl (C=O) groups excluding carboxylic acids is 1. The summed E-state index contributed by atoms with van der Waals surface area (Å²) < 4.78 is 25.3. The van der Waals surface area contributed by atoms with Crippen molar-refractivity contribution in [2.45, 2.75) is 70.9 Å². The minimum Gasteiger partial charge on any atom is -0.490 e. The monoisotopic (exact) mass is 363 g/mol. The third-order valence-corrected chi connectivity index (χ3v) is 5.16. The molecule has 5 heteroatoms. The molecule has 0 aromatic heterocycles. The molecule has 0 radical (unpaired) electrons. The average Bonchev–Trinajstić information content (AvgIpc) is 3.25. The zero-order valence-corrected chi connectivity index (χ0v) is 16.3. The molecule has 2 aliphatic rings. The van der Waals surface area contributed by atoms with Gasteiger partial charge in [0.2, 0.25) is 0 Å². The first kappa shape index (κ1) is 19.0. The molecule has 4 nitrogen and oxygen atoms in total. The highest BCUT2D eigenvalue weighted by Gasteiger charge is 2.36. The number of halogens is 1. The molecular formula is C21H30FNO3. The van der Waals surface area contributed by atoms with E-state index in [1.165, 1.54) is 18.9 Å². The van der Waals surface area contributed by atoms with Gasteiger partial charge in [-0.3, -0.25) is 0 Å². The molecule has 1 aromatic rings. The van der Waals surface area contributed by atoms with E-state index >= 15 is 0 Å². The largest absolute Gasteiger partial charge is 0.490 e. The Kier molecular flexibility index (Phi) is 5.44. The second kappa shape index (κ2) is 7.45. The summed E-state index contributed by atoms with van der Waals surface area (Å²) in [6.07, 6.45) is 3.96. The first-order valence-electron chi connectivity index (χ1n) is 9.66. The number of hydrogen-bond acceptors (Lipinski definition) is 3. The van der Waals surface area contributed by atoms with Gasteiger partial charge < -0.3 is 14.4 Å². The Bertz CT molecular complexity index is 651. The molecule has 0 bridgehead atoms. The second-order valence-electron chi connectivity index (χ2n) is 8.62. The van der Waals surface area contributed by atoms with E-state index in [9.17, 15) is 9.18 Å². The topological polar surface area (TPSA) is 38.8 Å². The van der Waals surface area contributed by atoms with Crippen molar-refractivity contribution >= 4 is 6.09 Å². The van der Waals surface area contributed by atoms with Gasteiger partial charge in [0.05, 0.1) is 6.61 Å². The summed E-state index contributed by atoms with van der Waals surface area (Å²) in [5.74, 6) is 0.668. The third kappa shape index (κ3) is 4.68. The highest BCUT2D eigenvalue weighted by atomic mass is 19.1. The van der Waals surface area contributed by atoms with Crippen molar-refractivity contribution in [3.05, 3.63) is 29.6 Å². The minimum absolute atomic E-state index is 0.0617. The van der Waals surface area contributed by atoms with E-state index in [-0.39, 0.29) is 23.9 Å². The number of ether oxygens (including phenoxy) is 2. The van der Waals surface area contributed by atoms with E-state index < -0.39 is 5.60 Å². The van der Waals surface area contributed by atoms with Gasteiger partial charge in [0.1, 0.15) is 5.60 Å². The maximum Gasteiger partial charge on any atom is 0.410 e. The third-order valence-electron chi connectivity index (χ3n) is 5.16. The summed E-state index contributed by atoms with van der Waals surface area (Å²) in [5.41, 5.74) is 0.491. The Balaban J connectivity index is 1.71. The molecular weight excluding hydrogens is 333 g/mol. The van der Waals surface area contributed by atoms with Crippen LogP contribution in [0.25, 0.3) is 0 Å². The lowest BCUT2D eigenvalue weighted by Crippen LogP contribution is -2.41. The molecule has 3 rings (SSSR count). The first-order valence-corrected chi connectivity index (χ1v) is 9.66. The van der Waals surface area contributed by atoms with Crippen molar-refractivity contribution < 1.29 is 18.7 Å². The number of rotatable bonds is 5. The van der Waals surface area contributed by atoms with Gasteiger partial charge in [-0.2, -0.15) is 0 Å². The van der Waals surface area contributed by atoms with Crippen LogP contribution in [0.5, 0.6) is 5.75 Å². The number of carbonyl (C=O) groups is 1. The van der Waals surface area contributed by atoms with Crippen molar-refractivity contribution in [2.75, 3.05) is 13.2 Å². The zero-order valence-electron chi connectivity index (χ0n) is 16.3. The fraction of sp³-hybridized carbons (Fsp3) is 0.667. The Morgan fingerprint density at radius 1 is 1.31 bits per heavy atom. The highest BCUT2D eigenvalue weighted by molar-refractivity contribution is 5.69. The molecule has 1 saturated carbocycles. The van der Waals surface area contributed by atoms with E-state index in [0.29, 0.717) is 24.8 Å². The van der Waals surface area contributed by atoms with Crippen LogP contribution in [0.15, 0.2) is 18.2 Å². The molecule has 2 fully saturated rings. The van der Waals surface area contributed by atoms with E-state index in [0.717, 1.165) is 18.4 Å². The van der Waals surface area contributed by atoms with Crippen molar-refractivity contribution in [1.82, 2.24) is 4.90 Å². The minimum atomic E-state index is -0.507. The van der Waals surface area contributed by atoms with Gasteiger partial charge in [0, 0.05) is 18.5 Å². The van der Waals surface area contributed by atoms with Crippen LogP contribution in [0, 0.1) is 11.7 Å². The normalized spacial score (nSPS) is 21.6. The molecule has 144 valence electrons. The second-order valence-corrected chi connectivity index (χ2v) is 8.62. The summed E-state index contributed by atoms with van der Waals surface area (Å²) in [6, 6.07) is 5.14. The van der Waals surface area contributed by atoms with Crippen LogP contribution in [0.1, 0.15) is 64.9 Å². The predicted molar refractivity (Wildman–Crippen MR) is 99.0 cm³/mol. The fourth-order valence-corrected chi connectivity index (χ4v) is 3.49. The Morgan fingerprint density at radius 2 is 2.04 bits per heavy atom. The molecule has 0 N–H and O–H groups in total. The van der Waals surface area contributed by atoms with Gasteiger partial charge in [-0.25, -0.2) is 9.18 Å². The summed E-state index contributed by atoms with van der Waals surface area (Å²) >= 11 is 0. The molecule has 1 heterocycles. The smallest absolute Gasteiger partial charge is 0.410 e. The van der Waals surface area contributed by atoms with Crippen molar-refractivity contribution in [3.8, 4) is 5.75 Å². The van der Waals surface area contributed by atoms with Crippen molar-refractivity contribution in [3.63, 3.8) is 0 Å². The molecule has 2 atom stereocenters. The molecule has 26 heavy (non-hydrogen) atoms. The highest BCUT2D eigenvalue weighted by Crippen LogP contribution is 2.35. The number of likely N-dealkylation sites (tertiary alicyclic amines) is 1.